The maximum atomic E-state index is 12.1. The minimum Gasteiger partial charge on any atom is -0.493 e. The average molecular weight is 311 g/mol. The van der Waals surface area contributed by atoms with E-state index in [0.717, 1.165) is 0 Å². The molecule has 1 heterocycles. The molecule has 114 valence electrons. The van der Waals surface area contributed by atoms with E-state index in [9.17, 15) is 14.7 Å². The number of hydrogen-bond donors (Lipinski definition) is 2. The van der Waals surface area contributed by atoms with Gasteiger partial charge >= 0.3 is 5.97 Å². The minimum absolute atomic E-state index is 0.0146. The van der Waals surface area contributed by atoms with Crippen LogP contribution in [0.25, 0.3) is 0 Å². The van der Waals surface area contributed by atoms with E-state index in [1.54, 1.807) is 0 Å². The first-order chi connectivity index (χ1) is 10.0. The Balaban J connectivity index is 2.51. The number of aromatic carboxylic acids is 1. The van der Waals surface area contributed by atoms with Crippen LogP contribution in [-0.2, 0) is 4.79 Å². The van der Waals surface area contributed by atoms with Gasteiger partial charge < -0.3 is 19.5 Å². The van der Waals surface area contributed by atoms with E-state index in [-0.39, 0.29) is 17.4 Å². The first-order valence-electron chi connectivity index (χ1n) is 6.42. The van der Waals surface area contributed by atoms with Crippen molar-refractivity contribution in [2.45, 2.75) is 6.42 Å². The van der Waals surface area contributed by atoms with Crippen molar-refractivity contribution in [2.75, 3.05) is 31.4 Å². The summed E-state index contributed by atoms with van der Waals surface area (Å²) in [5, 5.41) is 9.37. The molecule has 1 aromatic carbocycles. The van der Waals surface area contributed by atoms with Gasteiger partial charge in [0.25, 0.3) is 0 Å². The highest BCUT2D eigenvalue weighted by Gasteiger charge is 2.33. The van der Waals surface area contributed by atoms with Crippen molar-refractivity contribution in [3.8, 4) is 11.5 Å². The number of thiol groups is 1. The van der Waals surface area contributed by atoms with Gasteiger partial charge in [0.1, 0.15) is 0 Å². The van der Waals surface area contributed by atoms with Crippen molar-refractivity contribution >= 4 is 30.2 Å². The number of benzene rings is 1. The van der Waals surface area contributed by atoms with Crippen LogP contribution in [0.15, 0.2) is 12.1 Å². The summed E-state index contributed by atoms with van der Waals surface area (Å²) >= 11 is 4.21. The molecule has 0 bridgehead atoms. The molecule has 1 aromatic rings. The molecule has 1 saturated heterocycles. The number of methoxy groups -OCH3 is 2. The number of anilines is 1. The Morgan fingerprint density at radius 1 is 1.38 bits per heavy atom. The lowest BCUT2D eigenvalue weighted by Crippen LogP contribution is -2.26. The van der Waals surface area contributed by atoms with E-state index in [4.69, 9.17) is 9.47 Å². The second kappa shape index (κ2) is 6.26. The Kier molecular flexibility index (Phi) is 4.62. The Hall–Kier alpha value is -1.89. The molecule has 1 unspecified atom stereocenters. The van der Waals surface area contributed by atoms with Gasteiger partial charge in [-0.15, -0.1) is 0 Å². The molecule has 2 rings (SSSR count). The third-order valence-corrected chi connectivity index (χ3v) is 4.00. The van der Waals surface area contributed by atoms with E-state index in [1.165, 1.54) is 31.3 Å². The van der Waals surface area contributed by atoms with Crippen LogP contribution in [0.1, 0.15) is 16.8 Å². The van der Waals surface area contributed by atoms with Gasteiger partial charge in [-0.05, 0) is 11.7 Å². The molecule has 1 aliphatic heterocycles. The molecule has 1 aliphatic rings. The monoisotopic (exact) mass is 311 g/mol. The smallest absolute Gasteiger partial charge is 0.337 e. The summed E-state index contributed by atoms with van der Waals surface area (Å²) in [7, 11) is 2.89. The lowest BCUT2D eigenvalue weighted by Gasteiger charge is -2.21. The van der Waals surface area contributed by atoms with Gasteiger partial charge in [-0.1, -0.05) is 0 Å². The Bertz CT molecular complexity index is 575. The molecule has 0 aromatic heterocycles. The average Bonchev–Trinajstić information content (AvgIpc) is 2.86. The van der Waals surface area contributed by atoms with Gasteiger partial charge in [0.2, 0.25) is 5.91 Å². The van der Waals surface area contributed by atoms with E-state index in [1.807, 2.05) is 0 Å². The Morgan fingerprint density at radius 2 is 2.00 bits per heavy atom. The highest BCUT2D eigenvalue weighted by Crippen LogP contribution is 2.37. The SMILES string of the molecule is COc1cc(C(=O)O)c(N2CC(CS)CC2=O)cc1OC. The van der Waals surface area contributed by atoms with Crippen molar-refractivity contribution in [2.24, 2.45) is 5.92 Å². The molecule has 6 nitrogen and oxygen atoms in total. The van der Waals surface area contributed by atoms with E-state index >= 15 is 0 Å². The van der Waals surface area contributed by atoms with Crippen LogP contribution in [0.5, 0.6) is 11.5 Å². The fourth-order valence-corrected chi connectivity index (χ4v) is 2.64. The fraction of sp³-hybridized carbons (Fsp3) is 0.429. The van der Waals surface area contributed by atoms with Crippen LogP contribution >= 0.6 is 12.6 Å². The van der Waals surface area contributed by atoms with Crippen LogP contribution in [0.4, 0.5) is 5.69 Å². The zero-order chi connectivity index (χ0) is 15.6. The first kappa shape index (κ1) is 15.5. The number of carbonyl (C=O) groups is 2. The van der Waals surface area contributed by atoms with Crippen molar-refractivity contribution in [1.82, 2.24) is 0 Å². The fourth-order valence-electron chi connectivity index (χ4n) is 2.40. The van der Waals surface area contributed by atoms with Crippen LogP contribution in [0, 0.1) is 5.92 Å². The molecule has 21 heavy (non-hydrogen) atoms. The van der Waals surface area contributed by atoms with Crippen LogP contribution in [0.2, 0.25) is 0 Å². The summed E-state index contributed by atoms with van der Waals surface area (Å²) in [6.07, 6.45) is 0.372. The third-order valence-electron chi connectivity index (χ3n) is 3.49. The van der Waals surface area contributed by atoms with Gasteiger partial charge in [0.15, 0.2) is 11.5 Å². The molecule has 1 N–H and O–H groups in total. The molecule has 0 radical (unpaired) electrons. The maximum Gasteiger partial charge on any atom is 0.337 e. The van der Waals surface area contributed by atoms with E-state index in [0.29, 0.717) is 35.9 Å². The number of rotatable bonds is 5. The van der Waals surface area contributed by atoms with Gasteiger partial charge in [0.05, 0.1) is 25.5 Å². The molecular weight excluding hydrogens is 294 g/mol. The minimum atomic E-state index is -1.12. The number of hydrogen-bond acceptors (Lipinski definition) is 5. The second-order valence-electron chi connectivity index (χ2n) is 4.79. The lowest BCUT2D eigenvalue weighted by atomic mass is 10.1. The molecular formula is C14H17NO5S. The number of carboxylic acid groups (broad SMARTS) is 1. The van der Waals surface area contributed by atoms with Crippen LogP contribution < -0.4 is 14.4 Å². The van der Waals surface area contributed by atoms with Crippen molar-refractivity contribution < 1.29 is 24.2 Å². The normalized spacial score (nSPS) is 18.0. The van der Waals surface area contributed by atoms with E-state index in [2.05, 4.69) is 12.6 Å². The van der Waals surface area contributed by atoms with Gasteiger partial charge in [-0.3, -0.25) is 4.79 Å². The number of amides is 1. The van der Waals surface area contributed by atoms with Crippen LogP contribution in [-0.4, -0.2) is 43.5 Å². The van der Waals surface area contributed by atoms with Gasteiger partial charge in [0, 0.05) is 25.1 Å². The highest BCUT2D eigenvalue weighted by atomic mass is 32.1. The molecule has 1 fully saturated rings. The summed E-state index contributed by atoms with van der Waals surface area (Å²) in [5.41, 5.74) is 0.343. The standard InChI is InChI=1S/C14H17NO5S/c1-19-11-4-9(14(17)18)10(5-12(11)20-2)15-6-8(7-21)3-13(15)16/h4-5,8,21H,3,6-7H2,1-2H3,(H,17,18). The van der Waals surface area contributed by atoms with Gasteiger partial charge in [-0.2, -0.15) is 12.6 Å². The van der Waals surface area contributed by atoms with Crippen molar-refractivity contribution in [3.63, 3.8) is 0 Å². The number of ether oxygens (including phenoxy) is 2. The molecule has 0 saturated carbocycles. The first-order valence-corrected chi connectivity index (χ1v) is 7.05. The van der Waals surface area contributed by atoms with Crippen molar-refractivity contribution in [1.29, 1.82) is 0 Å². The quantitative estimate of drug-likeness (QED) is 0.809. The summed E-state index contributed by atoms with van der Waals surface area (Å²) in [6.45, 7) is 0.456. The predicted octanol–water partition coefficient (Wildman–Crippen LogP) is 1.68. The summed E-state index contributed by atoms with van der Waals surface area (Å²) in [6, 6.07) is 2.90. The molecule has 7 heteroatoms. The molecule has 0 spiro atoms. The number of carbonyl (C=O) groups excluding carboxylic acids is 1. The summed E-state index contributed by atoms with van der Waals surface area (Å²) < 4.78 is 10.3. The third kappa shape index (κ3) is 2.92. The number of nitrogens with zero attached hydrogens (tertiary/aromatic N) is 1. The predicted molar refractivity (Wildman–Crippen MR) is 80.8 cm³/mol. The Morgan fingerprint density at radius 3 is 2.48 bits per heavy atom. The van der Waals surface area contributed by atoms with Crippen molar-refractivity contribution in [3.05, 3.63) is 17.7 Å². The summed E-state index contributed by atoms with van der Waals surface area (Å²) in [5.74, 6) is 0.181. The highest BCUT2D eigenvalue weighted by molar-refractivity contribution is 7.80. The molecule has 1 atom stereocenters. The zero-order valence-electron chi connectivity index (χ0n) is 11.8. The topological polar surface area (TPSA) is 76.1 Å². The molecule has 1 amide bonds. The zero-order valence-corrected chi connectivity index (χ0v) is 12.7. The number of carboxylic acids is 1. The van der Waals surface area contributed by atoms with Crippen LogP contribution in [0.3, 0.4) is 0 Å². The van der Waals surface area contributed by atoms with Gasteiger partial charge in [-0.25, -0.2) is 4.79 Å². The molecule has 0 aliphatic carbocycles. The Labute approximate surface area is 128 Å². The second-order valence-corrected chi connectivity index (χ2v) is 5.15. The largest absolute Gasteiger partial charge is 0.493 e. The lowest BCUT2D eigenvalue weighted by molar-refractivity contribution is -0.117. The van der Waals surface area contributed by atoms with E-state index < -0.39 is 5.97 Å². The summed E-state index contributed by atoms with van der Waals surface area (Å²) in [4.78, 5) is 25.0. The maximum absolute atomic E-state index is 12.1.